The highest BCUT2D eigenvalue weighted by atomic mass is 32.2. The lowest BCUT2D eigenvalue weighted by Gasteiger charge is -2.24. The molecule has 11 heteroatoms. The second kappa shape index (κ2) is 8.77. The van der Waals surface area contributed by atoms with Crippen LogP contribution in [-0.4, -0.2) is 51.0 Å². The molecule has 190 valence electrons. The van der Waals surface area contributed by atoms with Crippen molar-refractivity contribution in [2.75, 3.05) is 11.6 Å². The second-order valence-corrected chi connectivity index (χ2v) is 12.7. The van der Waals surface area contributed by atoms with Gasteiger partial charge in [-0.05, 0) is 68.0 Å². The Labute approximate surface area is 219 Å². The van der Waals surface area contributed by atoms with E-state index in [1.54, 1.807) is 18.6 Å². The Morgan fingerprint density at radius 1 is 1.19 bits per heavy atom. The maximum absolute atomic E-state index is 13.3. The zero-order valence-electron chi connectivity index (χ0n) is 20.7. The molecule has 4 aromatic rings. The number of carbonyl (C=O) groups is 1. The van der Waals surface area contributed by atoms with Crippen LogP contribution in [-0.2, 0) is 16.4 Å². The molecule has 6 rings (SSSR count). The Morgan fingerprint density at radius 2 is 2.00 bits per heavy atom. The van der Waals surface area contributed by atoms with E-state index in [0.717, 1.165) is 46.6 Å². The van der Waals surface area contributed by atoms with Crippen LogP contribution in [0.3, 0.4) is 0 Å². The molecule has 1 saturated carbocycles. The summed E-state index contributed by atoms with van der Waals surface area (Å²) in [6.45, 7) is 4.38. The van der Waals surface area contributed by atoms with E-state index in [-0.39, 0.29) is 16.8 Å². The molecule has 1 N–H and O–H groups in total. The van der Waals surface area contributed by atoms with Crippen molar-refractivity contribution in [1.82, 2.24) is 24.4 Å². The molecule has 2 aliphatic rings. The van der Waals surface area contributed by atoms with Gasteiger partial charge in [-0.3, -0.25) is 9.36 Å². The smallest absolute Gasteiger partial charge is 0.256 e. The molecule has 1 aromatic carbocycles. The molecule has 3 aromatic heterocycles. The van der Waals surface area contributed by atoms with Crippen LogP contribution in [0, 0.1) is 12.8 Å². The summed E-state index contributed by atoms with van der Waals surface area (Å²) in [6.07, 6.45) is 8.59. The summed E-state index contributed by atoms with van der Waals surface area (Å²) >= 11 is 1.42. The number of nitrogens with one attached hydrogen (secondary N) is 1. The standard InChI is InChI=1S/C26H26N6O3S2/c1-15-24(36-26(28-15)30-21-5-4-6-22(29-21)31-10-9-27-14-31)18-11-19-13-32(16(2)17-7-8-17)25(33)23(19)20(12-18)37(3,34)35/h4-6,9-12,14,16-17H,7-8,13H2,1-3H3,(H,28,29,30). The second-order valence-electron chi connectivity index (χ2n) is 9.70. The molecule has 1 aliphatic heterocycles. The Bertz CT molecular complexity index is 1620. The SMILES string of the molecule is Cc1nc(Nc2cccc(-n3ccnc3)n2)sc1-c1cc2c(c(S(C)(=O)=O)c1)C(=O)N(C(C)C1CC1)C2. The van der Waals surface area contributed by atoms with E-state index in [1.165, 1.54) is 11.3 Å². The first kappa shape index (κ1) is 23.8. The predicted molar refractivity (Wildman–Crippen MR) is 142 cm³/mol. The third kappa shape index (κ3) is 4.42. The summed E-state index contributed by atoms with van der Waals surface area (Å²) in [5, 5.41) is 3.91. The van der Waals surface area contributed by atoms with Gasteiger partial charge in [-0.25, -0.2) is 23.4 Å². The van der Waals surface area contributed by atoms with Gasteiger partial charge in [0.25, 0.3) is 5.91 Å². The van der Waals surface area contributed by atoms with Gasteiger partial charge in [0.1, 0.15) is 18.0 Å². The van der Waals surface area contributed by atoms with Crippen LogP contribution in [0.25, 0.3) is 16.3 Å². The van der Waals surface area contributed by atoms with E-state index in [0.29, 0.717) is 29.0 Å². The Hall–Kier alpha value is -3.57. The first-order valence-electron chi connectivity index (χ1n) is 12.1. The van der Waals surface area contributed by atoms with E-state index in [4.69, 9.17) is 0 Å². The van der Waals surface area contributed by atoms with Gasteiger partial charge >= 0.3 is 0 Å². The number of imidazole rings is 1. The van der Waals surface area contributed by atoms with E-state index in [9.17, 15) is 13.2 Å². The van der Waals surface area contributed by atoms with Gasteiger partial charge in [-0.1, -0.05) is 17.4 Å². The van der Waals surface area contributed by atoms with Gasteiger partial charge in [-0.2, -0.15) is 0 Å². The molecular weight excluding hydrogens is 508 g/mol. The van der Waals surface area contributed by atoms with E-state index in [2.05, 4.69) is 27.2 Å². The maximum atomic E-state index is 13.3. The maximum Gasteiger partial charge on any atom is 0.256 e. The van der Waals surface area contributed by atoms with Crippen molar-refractivity contribution in [2.45, 2.75) is 44.2 Å². The number of nitrogens with zero attached hydrogens (tertiary/aromatic N) is 5. The average molecular weight is 535 g/mol. The number of benzene rings is 1. The van der Waals surface area contributed by atoms with Crippen LogP contribution in [0.2, 0.25) is 0 Å². The van der Waals surface area contributed by atoms with E-state index < -0.39 is 9.84 Å². The lowest BCUT2D eigenvalue weighted by atomic mass is 10.0. The molecule has 1 unspecified atom stereocenters. The quantitative estimate of drug-likeness (QED) is 0.369. The molecule has 1 atom stereocenters. The number of aryl methyl sites for hydroxylation is 1. The summed E-state index contributed by atoms with van der Waals surface area (Å²) in [5.74, 6) is 1.67. The van der Waals surface area contributed by atoms with E-state index >= 15 is 0 Å². The highest BCUT2D eigenvalue weighted by molar-refractivity contribution is 7.90. The number of carbonyl (C=O) groups excluding carboxylic acids is 1. The minimum absolute atomic E-state index is 0.0903. The molecule has 0 spiro atoms. The molecule has 4 heterocycles. The summed E-state index contributed by atoms with van der Waals surface area (Å²) in [7, 11) is -3.62. The number of sulfone groups is 1. The number of pyridine rings is 1. The van der Waals surface area contributed by atoms with Gasteiger partial charge in [-0.15, -0.1) is 0 Å². The van der Waals surface area contributed by atoms with Crippen molar-refractivity contribution >= 4 is 38.0 Å². The van der Waals surface area contributed by atoms with E-state index in [1.807, 2.05) is 46.9 Å². The predicted octanol–water partition coefficient (Wildman–Crippen LogP) is 4.60. The normalized spacial score (nSPS) is 16.2. The monoisotopic (exact) mass is 534 g/mol. The van der Waals surface area contributed by atoms with Crippen molar-refractivity contribution in [3.05, 3.63) is 65.9 Å². The molecule has 1 amide bonds. The minimum Gasteiger partial charge on any atom is -0.331 e. The summed E-state index contributed by atoms with van der Waals surface area (Å²) in [5.41, 5.74) is 2.59. The van der Waals surface area contributed by atoms with Gasteiger partial charge in [0, 0.05) is 31.2 Å². The van der Waals surface area contributed by atoms with Crippen LogP contribution >= 0.6 is 11.3 Å². The third-order valence-electron chi connectivity index (χ3n) is 6.99. The fourth-order valence-corrected chi connectivity index (χ4v) is 6.77. The van der Waals surface area contributed by atoms with Gasteiger partial charge in [0.15, 0.2) is 15.0 Å². The Balaban J connectivity index is 1.35. The van der Waals surface area contributed by atoms with Crippen LogP contribution in [0.4, 0.5) is 10.9 Å². The zero-order valence-corrected chi connectivity index (χ0v) is 22.3. The van der Waals surface area contributed by atoms with Crippen LogP contribution in [0.1, 0.15) is 41.4 Å². The van der Waals surface area contributed by atoms with Crippen molar-refractivity contribution in [2.24, 2.45) is 5.92 Å². The minimum atomic E-state index is -3.62. The zero-order chi connectivity index (χ0) is 25.9. The Morgan fingerprint density at radius 3 is 2.70 bits per heavy atom. The first-order valence-corrected chi connectivity index (χ1v) is 14.8. The topological polar surface area (TPSA) is 110 Å². The van der Waals surface area contributed by atoms with Crippen LogP contribution in [0.5, 0.6) is 0 Å². The number of amides is 1. The first-order chi connectivity index (χ1) is 17.7. The summed E-state index contributed by atoms with van der Waals surface area (Å²) in [6, 6.07) is 9.31. The molecule has 0 bridgehead atoms. The van der Waals surface area contributed by atoms with Crippen molar-refractivity contribution in [1.29, 1.82) is 0 Å². The van der Waals surface area contributed by atoms with Gasteiger partial charge in [0.05, 0.1) is 21.0 Å². The third-order valence-corrected chi connectivity index (χ3v) is 9.23. The largest absolute Gasteiger partial charge is 0.331 e. The Kier molecular flexibility index (Phi) is 5.64. The molecule has 0 radical (unpaired) electrons. The van der Waals surface area contributed by atoms with Gasteiger partial charge in [0.2, 0.25) is 0 Å². The fourth-order valence-electron chi connectivity index (χ4n) is 4.88. The number of hydrogen-bond acceptors (Lipinski definition) is 8. The lowest BCUT2D eigenvalue weighted by molar-refractivity contribution is 0.0694. The van der Waals surface area contributed by atoms with Crippen molar-refractivity contribution in [3.8, 4) is 16.3 Å². The van der Waals surface area contributed by atoms with Gasteiger partial charge < -0.3 is 10.2 Å². The van der Waals surface area contributed by atoms with Crippen LogP contribution in [0.15, 0.2) is 53.9 Å². The fraction of sp³-hybridized carbons (Fsp3) is 0.308. The molecule has 1 aliphatic carbocycles. The average Bonchev–Trinajstić information content (AvgIpc) is 3.27. The summed E-state index contributed by atoms with van der Waals surface area (Å²) in [4.78, 5) is 29.4. The highest BCUT2D eigenvalue weighted by Gasteiger charge is 2.41. The molecular formula is C26H26N6O3S2. The lowest BCUT2D eigenvalue weighted by Crippen LogP contribution is -2.35. The molecule has 37 heavy (non-hydrogen) atoms. The summed E-state index contributed by atoms with van der Waals surface area (Å²) < 4.78 is 27.4. The molecule has 0 saturated heterocycles. The number of aromatic nitrogens is 4. The van der Waals surface area contributed by atoms with Crippen molar-refractivity contribution in [3.63, 3.8) is 0 Å². The number of fused-ring (bicyclic) bond motifs is 1. The molecule has 9 nitrogen and oxygen atoms in total. The number of anilines is 2. The highest BCUT2D eigenvalue weighted by Crippen LogP contribution is 2.42. The van der Waals surface area contributed by atoms with Crippen LogP contribution < -0.4 is 5.32 Å². The number of hydrogen-bond donors (Lipinski definition) is 1. The molecule has 1 fully saturated rings. The van der Waals surface area contributed by atoms with Crippen molar-refractivity contribution < 1.29 is 13.2 Å². The number of rotatable bonds is 7. The number of thiazole rings is 1.